The van der Waals surface area contributed by atoms with Crippen LogP contribution in [0.5, 0.6) is 0 Å². The van der Waals surface area contributed by atoms with Crippen molar-refractivity contribution >= 4 is 16.0 Å². The molecule has 0 fully saturated rings. The largest absolute Gasteiger partial charge is 0.479 e. The van der Waals surface area contributed by atoms with Crippen LogP contribution in [0.2, 0.25) is 0 Å². The molecule has 1 aromatic heterocycles. The summed E-state index contributed by atoms with van der Waals surface area (Å²) < 4.78 is 25.6. The molecule has 1 aromatic rings. The molecule has 1 rings (SSSR count). The summed E-state index contributed by atoms with van der Waals surface area (Å²) in [7, 11) is -3.83. The van der Waals surface area contributed by atoms with Crippen LogP contribution in [-0.4, -0.2) is 42.2 Å². The molecule has 0 amide bonds. The number of aliphatic carboxylic acids is 1. The number of carboxylic acid groups (broad SMARTS) is 1. The van der Waals surface area contributed by atoms with Crippen LogP contribution in [0.1, 0.15) is 12.1 Å². The van der Waals surface area contributed by atoms with Gasteiger partial charge in [0, 0.05) is 12.7 Å². The van der Waals surface area contributed by atoms with Gasteiger partial charge in [-0.25, -0.2) is 22.9 Å². The van der Waals surface area contributed by atoms with Gasteiger partial charge in [0.2, 0.25) is 10.0 Å². The molecule has 9 heteroatoms. The fourth-order valence-electron chi connectivity index (χ4n) is 1.14. The number of sulfonamides is 1. The third-order valence-electron chi connectivity index (χ3n) is 2.16. The number of pyridine rings is 1. The second-order valence-corrected chi connectivity index (χ2v) is 5.30. The second-order valence-electron chi connectivity index (χ2n) is 3.53. The van der Waals surface area contributed by atoms with E-state index in [-0.39, 0.29) is 23.6 Å². The van der Waals surface area contributed by atoms with Crippen molar-refractivity contribution < 1.29 is 23.4 Å². The van der Waals surface area contributed by atoms with Crippen LogP contribution in [0.25, 0.3) is 0 Å². The summed E-state index contributed by atoms with van der Waals surface area (Å²) in [4.78, 5) is 13.8. The first kappa shape index (κ1) is 15.0. The molecule has 0 saturated carbocycles. The maximum absolute atomic E-state index is 11.7. The summed E-state index contributed by atoms with van der Waals surface area (Å²) in [5, 5.41) is 25.9. The highest BCUT2D eigenvalue weighted by molar-refractivity contribution is 7.89. The molecule has 0 spiro atoms. The van der Waals surface area contributed by atoms with Gasteiger partial charge in [0.25, 0.3) is 0 Å². The zero-order valence-electron chi connectivity index (χ0n) is 9.65. The lowest BCUT2D eigenvalue weighted by atomic mass is 10.3. The molecule has 1 atom stereocenters. The molecule has 0 bridgehead atoms. The predicted molar refractivity (Wildman–Crippen MR) is 62.4 cm³/mol. The van der Waals surface area contributed by atoms with Crippen LogP contribution in [0, 0.1) is 11.3 Å². The monoisotopic (exact) mass is 285 g/mol. The van der Waals surface area contributed by atoms with E-state index in [0.717, 1.165) is 6.20 Å². The van der Waals surface area contributed by atoms with Gasteiger partial charge in [0.15, 0.2) is 6.10 Å². The molecule has 0 saturated heterocycles. The number of rotatable bonds is 6. The third-order valence-corrected chi connectivity index (χ3v) is 3.60. The van der Waals surface area contributed by atoms with Crippen LogP contribution in [0.15, 0.2) is 23.2 Å². The second kappa shape index (κ2) is 6.24. The van der Waals surface area contributed by atoms with Crippen molar-refractivity contribution in [3.05, 3.63) is 24.0 Å². The summed E-state index contributed by atoms with van der Waals surface area (Å²) in [6.45, 7) is -0.226. The average molecular weight is 285 g/mol. The van der Waals surface area contributed by atoms with E-state index >= 15 is 0 Å². The Bertz CT molecular complexity index is 591. The number of aliphatic hydroxyl groups excluding tert-OH is 1. The van der Waals surface area contributed by atoms with E-state index in [4.69, 9.17) is 15.5 Å². The quantitative estimate of drug-likeness (QED) is 0.613. The Labute approximate surface area is 109 Å². The topological polar surface area (TPSA) is 140 Å². The van der Waals surface area contributed by atoms with Crippen molar-refractivity contribution in [2.75, 3.05) is 6.54 Å². The summed E-state index contributed by atoms with van der Waals surface area (Å²) in [5.74, 6) is -1.42. The first-order chi connectivity index (χ1) is 8.86. The SMILES string of the molecule is N#Cc1ccc(S(=O)(=O)NCCC(O)C(=O)O)cn1. The number of aliphatic hydroxyl groups is 1. The third kappa shape index (κ3) is 4.29. The lowest BCUT2D eigenvalue weighted by molar-refractivity contribution is -0.146. The van der Waals surface area contributed by atoms with Crippen LogP contribution in [0.4, 0.5) is 0 Å². The van der Waals surface area contributed by atoms with Gasteiger partial charge in [0.1, 0.15) is 16.7 Å². The Kier molecular flexibility index (Phi) is 4.94. The molecule has 3 N–H and O–H groups in total. The van der Waals surface area contributed by atoms with Crippen molar-refractivity contribution in [3.63, 3.8) is 0 Å². The van der Waals surface area contributed by atoms with Gasteiger partial charge in [-0.15, -0.1) is 0 Å². The minimum atomic E-state index is -3.83. The Morgan fingerprint density at radius 2 is 2.21 bits per heavy atom. The van der Waals surface area contributed by atoms with Crippen LogP contribution in [0.3, 0.4) is 0 Å². The van der Waals surface area contributed by atoms with E-state index in [9.17, 15) is 13.2 Å². The van der Waals surface area contributed by atoms with Gasteiger partial charge in [-0.2, -0.15) is 5.26 Å². The lowest BCUT2D eigenvalue weighted by Gasteiger charge is -2.08. The highest BCUT2D eigenvalue weighted by Crippen LogP contribution is 2.07. The Morgan fingerprint density at radius 3 is 2.68 bits per heavy atom. The van der Waals surface area contributed by atoms with Gasteiger partial charge in [-0.05, 0) is 18.6 Å². The molecule has 8 nitrogen and oxygen atoms in total. The van der Waals surface area contributed by atoms with Crippen molar-refractivity contribution in [1.29, 1.82) is 5.26 Å². The van der Waals surface area contributed by atoms with Crippen molar-refractivity contribution in [2.45, 2.75) is 17.4 Å². The number of nitrogens with one attached hydrogen (secondary N) is 1. The molecule has 19 heavy (non-hydrogen) atoms. The molecular formula is C10H11N3O5S. The van der Waals surface area contributed by atoms with Gasteiger partial charge < -0.3 is 10.2 Å². The number of carbonyl (C=O) groups is 1. The Balaban J connectivity index is 2.66. The average Bonchev–Trinajstić information content (AvgIpc) is 2.38. The maximum atomic E-state index is 11.7. The zero-order chi connectivity index (χ0) is 14.5. The molecule has 102 valence electrons. The van der Waals surface area contributed by atoms with Gasteiger partial charge in [0.05, 0.1) is 0 Å². The van der Waals surface area contributed by atoms with E-state index in [0.29, 0.717) is 0 Å². The van der Waals surface area contributed by atoms with Crippen LogP contribution >= 0.6 is 0 Å². The first-order valence-corrected chi connectivity index (χ1v) is 6.62. The van der Waals surface area contributed by atoms with E-state index < -0.39 is 22.1 Å². The Hall–Kier alpha value is -2.02. The number of nitriles is 1. The fraction of sp³-hybridized carbons (Fsp3) is 0.300. The minimum absolute atomic E-state index is 0.0836. The van der Waals surface area contributed by atoms with Crippen molar-refractivity contribution in [2.24, 2.45) is 0 Å². The molecular weight excluding hydrogens is 274 g/mol. The molecule has 1 heterocycles. The van der Waals surface area contributed by atoms with Crippen molar-refractivity contribution in [3.8, 4) is 6.07 Å². The lowest BCUT2D eigenvalue weighted by Crippen LogP contribution is -2.30. The summed E-state index contributed by atoms with van der Waals surface area (Å²) in [6.07, 6.45) is -0.853. The van der Waals surface area contributed by atoms with E-state index in [1.807, 2.05) is 0 Å². The summed E-state index contributed by atoms with van der Waals surface area (Å²) >= 11 is 0. The molecule has 1 unspecified atom stereocenters. The van der Waals surface area contributed by atoms with E-state index in [2.05, 4.69) is 9.71 Å². The first-order valence-electron chi connectivity index (χ1n) is 5.13. The maximum Gasteiger partial charge on any atom is 0.332 e. The van der Waals surface area contributed by atoms with Crippen molar-refractivity contribution in [1.82, 2.24) is 9.71 Å². The molecule has 0 aliphatic carbocycles. The van der Waals surface area contributed by atoms with E-state index in [1.54, 1.807) is 6.07 Å². The number of hydrogen-bond donors (Lipinski definition) is 3. The number of aromatic nitrogens is 1. The predicted octanol–water partition coefficient (Wildman–Crippen LogP) is -0.933. The highest BCUT2D eigenvalue weighted by atomic mass is 32.2. The fourth-order valence-corrected chi connectivity index (χ4v) is 2.13. The molecule has 0 aliphatic rings. The molecule has 0 aromatic carbocycles. The highest BCUT2D eigenvalue weighted by Gasteiger charge is 2.17. The van der Waals surface area contributed by atoms with Crippen LogP contribution < -0.4 is 4.72 Å². The Morgan fingerprint density at radius 1 is 1.53 bits per heavy atom. The molecule has 0 radical (unpaired) electrons. The van der Waals surface area contributed by atoms with Crippen LogP contribution in [-0.2, 0) is 14.8 Å². The normalized spacial score (nSPS) is 12.6. The summed E-state index contributed by atoms with van der Waals surface area (Å²) in [6, 6.07) is 4.21. The minimum Gasteiger partial charge on any atom is -0.479 e. The zero-order valence-corrected chi connectivity index (χ0v) is 10.5. The van der Waals surface area contributed by atoms with Gasteiger partial charge in [-0.1, -0.05) is 0 Å². The van der Waals surface area contributed by atoms with Gasteiger partial charge >= 0.3 is 5.97 Å². The smallest absolute Gasteiger partial charge is 0.332 e. The number of hydrogen-bond acceptors (Lipinski definition) is 6. The summed E-state index contributed by atoms with van der Waals surface area (Å²) in [5.41, 5.74) is 0.0836. The van der Waals surface area contributed by atoms with E-state index in [1.165, 1.54) is 12.1 Å². The number of carboxylic acids is 1. The number of nitrogens with zero attached hydrogens (tertiary/aromatic N) is 2. The molecule has 0 aliphatic heterocycles. The standard InChI is InChI=1S/C10H11N3O5S/c11-5-7-1-2-8(6-12-7)19(17,18)13-4-3-9(14)10(15)16/h1-2,6,9,13-14H,3-4H2,(H,15,16). The van der Waals surface area contributed by atoms with Gasteiger partial charge in [-0.3, -0.25) is 0 Å².